The van der Waals surface area contributed by atoms with Crippen molar-refractivity contribution < 1.29 is 17.7 Å². The smallest absolute Gasteiger partial charge is 0.294 e. The molecule has 2 aromatic rings. The van der Waals surface area contributed by atoms with Gasteiger partial charge in [-0.05, 0) is 41.7 Å². The van der Waals surface area contributed by atoms with Crippen LogP contribution in [0.25, 0.3) is 11.1 Å². The van der Waals surface area contributed by atoms with E-state index in [1.807, 2.05) is 45.0 Å². The maximum absolute atomic E-state index is 11.7. The molecule has 2 rings (SSSR count). The standard InChI is InChI=1S/C17H20O4S/c1-11(2)14-9-16(21-4)15(10-17(14)22(18,19)20)13-8-6-5-7-12(13)3/h5-11H,1-4H3,(H,18,19,20). The quantitative estimate of drug-likeness (QED) is 0.864. The van der Waals surface area contributed by atoms with Gasteiger partial charge in [0.1, 0.15) is 5.75 Å². The lowest BCUT2D eigenvalue weighted by Gasteiger charge is -2.17. The molecule has 1 N–H and O–H groups in total. The summed E-state index contributed by atoms with van der Waals surface area (Å²) in [5.74, 6) is 0.530. The van der Waals surface area contributed by atoms with Gasteiger partial charge < -0.3 is 4.74 Å². The van der Waals surface area contributed by atoms with E-state index in [-0.39, 0.29) is 10.8 Å². The van der Waals surface area contributed by atoms with Crippen molar-refractivity contribution in [2.24, 2.45) is 0 Å². The van der Waals surface area contributed by atoms with Crippen molar-refractivity contribution >= 4 is 10.1 Å². The molecule has 0 radical (unpaired) electrons. The van der Waals surface area contributed by atoms with E-state index in [2.05, 4.69) is 0 Å². The van der Waals surface area contributed by atoms with Crippen molar-refractivity contribution in [3.05, 3.63) is 47.5 Å². The number of hydrogen-bond acceptors (Lipinski definition) is 3. The Hall–Kier alpha value is -1.85. The van der Waals surface area contributed by atoms with Gasteiger partial charge in [0.2, 0.25) is 0 Å². The molecule has 0 atom stereocenters. The van der Waals surface area contributed by atoms with Crippen LogP contribution in [0.3, 0.4) is 0 Å². The van der Waals surface area contributed by atoms with Crippen LogP contribution in [0.2, 0.25) is 0 Å². The highest BCUT2D eigenvalue weighted by Crippen LogP contribution is 2.38. The monoisotopic (exact) mass is 320 g/mol. The molecule has 22 heavy (non-hydrogen) atoms. The van der Waals surface area contributed by atoms with Gasteiger partial charge in [0.25, 0.3) is 10.1 Å². The zero-order chi connectivity index (χ0) is 16.5. The lowest BCUT2D eigenvalue weighted by Crippen LogP contribution is -2.06. The average Bonchev–Trinajstić information content (AvgIpc) is 2.45. The lowest BCUT2D eigenvalue weighted by molar-refractivity contribution is 0.415. The molecular formula is C17H20O4S. The molecule has 5 heteroatoms. The highest BCUT2D eigenvalue weighted by Gasteiger charge is 2.22. The van der Waals surface area contributed by atoms with Gasteiger partial charge in [0.05, 0.1) is 12.0 Å². The van der Waals surface area contributed by atoms with Gasteiger partial charge in [0.15, 0.2) is 0 Å². The van der Waals surface area contributed by atoms with E-state index in [9.17, 15) is 13.0 Å². The van der Waals surface area contributed by atoms with E-state index in [1.165, 1.54) is 6.07 Å². The summed E-state index contributed by atoms with van der Waals surface area (Å²) in [7, 11) is -2.75. The summed E-state index contributed by atoms with van der Waals surface area (Å²) in [5, 5.41) is 0. The van der Waals surface area contributed by atoms with Crippen LogP contribution in [-0.2, 0) is 10.1 Å². The largest absolute Gasteiger partial charge is 0.496 e. The van der Waals surface area contributed by atoms with E-state index < -0.39 is 10.1 Å². The normalized spacial score (nSPS) is 11.7. The van der Waals surface area contributed by atoms with Gasteiger partial charge in [-0.2, -0.15) is 8.42 Å². The molecule has 0 aliphatic heterocycles. The molecule has 0 unspecified atom stereocenters. The van der Waals surface area contributed by atoms with Crippen molar-refractivity contribution in [2.45, 2.75) is 31.6 Å². The fourth-order valence-electron chi connectivity index (χ4n) is 2.50. The molecule has 2 aromatic carbocycles. The Bertz CT molecular complexity index is 792. The zero-order valence-electron chi connectivity index (χ0n) is 13.1. The Labute approximate surface area is 131 Å². The molecule has 0 saturated heterocycles. The molecule has 0 bridgehead atoms. The van der Waals surface area contributed by atoms with Crippen LogP contribution in [0.4, 0.5) is 0 Å². The van der Waals surface area contributed by atoms with Crippen LogP contribution in [0.15, 0.2) is 41.3 Å². The van der Waals surface area contributed by atoms with Crippen LogP contribution in [0, 0.1) is 6.92 Å². The number of methoxy groups -OCH3 is 1. The molecule has 118 valence electrons. The van der Waals surface area contributed by atoms with Gasteiger partial charge in [0, 0.05) is 5.56 Å². The SMILES string of the molecule is COc1cc(C(C)C)c(S(=O)(=O)O)cc1-c1ccccc1C. The van der Waals surface area contributed by atoms with Gasteiger partial charge in [-0.15, -0.1) is 0 Å². The Kier molecular flexibility index (Phi) is 4.58. The highest BCUT2D eigenvalue weighted by molar-refractivity contribution is 7.85. The summed E-state index contributed by atoms with van der Waals surface area (Å²) in [6.45, 7) is 5.69. The van der Waals surface area contributed by atoms with Crippen molar-refractivity contribution in [1.29, 1.82) is 0 Å². The fourth-order valence-corrected chi connectivity index (χ4v) is 3.36. The van der Waals surface area contributed by atoms with Crippen LogP contribution in [0.5, 0.6) is 5.75 Å². The molecular weight excluding hydrogens is 300 g/mol. The van der Waals surface area contributed by atoms with Crippen LogP contribution in [0.1, 0.15) is 30.9 Å². The lowest BCUT2D eigenvalue weighted by atomic mass is 9.95. The number of aryl methyl sites for hydroxylation is 1. The third-order valence-corrected chi connectivity index (χ3v) is 4.58. The number of benzene rings is 2. The summed E-state index contributed by atoms with van der Waals surface area (Å²) in [6.07, 6.45) is 0. The summed E-state index contributed by atoms with van der Waals surface area (Å²) in [4.78, 5) is -0.0680. The highest BCUT2D eigenvalue weighted by atomic mass is 32.2. The minimum absolute atomic E-state index is 0.0586. The minimum atomic E-state index is -4.30. The van der Waals surface area contributed by atoms with Gasteiger partial charge in [-0.25, -0.2) is 0 Å². The summed E-state index contributed by atoms with van der Waals surface area (Å²) in [6, 6.07) is 10.8. The molecule has 4 nitrogen and oxygen atoms in total. The van der Waals surface area contributed by atoms with Crippen LogP contribution >= 0.6 is 0 Å². The Morgan fingerprint density at radius 2 is 1.73 bits per heavy atom. The van der Waals surface area contributed by atoms with Crippen LogP contribution in [-0.4, -0.2) is 20.1 Å². The van der Waals surface area contributed by atoms with Gasteiger partial charge in [-0.3, -0.25) is 4.55 Å². The summed E-state index contributed by atoms with van der Waals surface area (Å²) in [5.41, 5.74) is 3.06. The van der Waals surface area contributed by atoms with Crippen molar-refractivity contribution in [3.63, 3.8) is 0 Å². The maximum atomic E-state index is 11.7. The molecule has 0 aliphatic rings. The second-order valence-corrected chi connectivity index (χ2v) is 6.92. The maximum Gasteiger partial charge on any atom is 0.294 e. The summed E-state index contributed by atoms with van der Waals surface area (Å²) < 4.78 is 38.5. The van der Waals surface area contributed by atoms with E-state index in [0.717, 1.165) is 11.1 Å². The van der Waals surface area contributed by atoms with Crippen LogP contribution < -0.4 is 4.74 Å². The second-order valence-electron chi connectivity index (χ2n) is 5.54. The van der Waals surface area contributed by atoms with Crippen molar-refractivity contribution in [1.82, 2.24) is 0 Å². The number of ether oxygens (including phenoxy) is 1. The predicted octanol–water partition coefficient (Wildman–Crippen LogP) is 4.04. The fraction of sp³-hybridized carbons (Fsp3) is 0.294. The predicted molar refractivity (Wildman–Crippen MR) is 87.1 cm³/mol. The van der Waals surface area contributed by atoms with E-state index in [4.69, 9.17) is 4.74 Å². The minimum Gasteiger partial charge on any atom is -0.496 e. The average molecular weight is 320 g/mol. The van der Waals surface area contributed by atoms with E-state index >= 15 is 0 Å². The third-order valence-electron chi connectivity index (χ3n) is 3.67. The third kappa shape index (κ3) is 3.15. The molecule has 0 amide bonds. The Morgan fingerprint density at radius 3 is 2.23 bits per heavy atom. The van der Waals surface area contributed by atoms with Gasteiger partial charge >= 0.3 is 0 Å². The first-order valence-electron chi connectivity index (χ1n) is 7.01. The number of rotatable bonds is 4. The molecule has 0 spiro atoms. The van der Waals surface area contributed by atoms with E-state index in [1.54, 1.807) is 13.2 Å². The first-order valence-corrected chi connectivity index (χ1v) is 8.45. The molecule has 0 saturated carbocycles. The first kappa shape index (κ1) is 16.5. The van der Waals surface area contributed by atoms with Crippen molar-refractivity contribution in [2.75, 3.05) is 7.11 Å². The van der Waals surface area contributed by atoms with E-state index in [0.29, 0.717) is 16.9 Å². The molecule has 0 fully saturated rings. The first-order chi connectivity index (χ1) is 10.3. The number of hydrogen-bond donors (Lipinski definition) is 1. The van der Waals surface area contributed by atoms with Gasteiger partial charge in [-0.1, -0.05) is 38.1 Å². The molecule has 0 heterocycles. The Morgan fingerprint density at radius 1 is 1.09 bits per heavy atom. The second kappa shape index (κ2) is 6.10. The molecule has 0 aliphatic carbocycles. The van der Waals surface area contributed by atoms with Crippen molar-refractivity contribution in [3.8, 4) is 16.9 Å². The zero-order valence-corrected chi connectivity index (χ0v) is 13.9. The Balaban J connectivity index is 2.83. The topological polar surface area (TPSA) is 63.6 Å². The summed E-state index contributed by atoms with van der Waals surface area (Å²) >= 11 is 0. The molecule has 0 aromatic heterocycles.